The summed E-state index contributed by atoms with van der Waals surface area (Å²) in [5, 5.41) is 0. The third-order valence-electron chi connectivity index (χ3n) is 4.67. The van der Waals surface area contributed by atoms with E-state index in [-0.39, 0.29) is 30.3 Å². The Kier molecular flexibility index (Phi) is 11.3. The van der Waals surface area contributed by atoms with Crippen molar-refractivity contribution in [2.45, 2.75) is 92.9 Å². The molecule has 1 aromatic rings. The minimum Gasteiger partial charge on any atom is -0.499 e. The molecule has 1 aliphatic heterocycles. The molecule has 0 saturated carbocycles. The van der Waals surface area contributed by atoms with E-state index < -0.39 is 5.54 Å². The third kappa shape index (κ3) is 6.93. The second-order valence-electron chi connectivity index (χ2n) is 8.14. The zero-order chi connectivity index (χ0) is 23.4. The molecule has 0 bridgehead atoms. The molecule has 174 valence electrons. The molecule has 1 unspecified atom stereocenters. The molecule has 1 aromatic heterocycles. The molecule has 2 heterocycles. The van der Waals surface area contributed by atoms with E-state index in [4.69, 9.17) is 20.9 Å². The van der Waals surface area contributed by atoms with E-state index >= 15 is 0 Å². The Morgan fingerprint density at radius 1 is 1.23 bits per heavy atom. The molecular formula is C23H42N2O4S. The van der Waals surface area contributed by atoms with Crippen LogP contribution in [0.2, 0.25) is 0 Å². The van der Waals surface area contributed by atoms with Crippen molar-refractivity contribution in [2.24, 2.45) is 11.5 Å². The maximum Gasteiger partial charge on any atom is 0.250 e. The molecule has 6 nitrogen and oxygen atoms in total. The molecule has 2 rings (SSSR count). The summed E-state index contributed by atoms with van der Waals surface area (Å²) in [6.07, 6.45) is 0.744. The highest BCUT2D eigenvalue weighted by molar-refractivity contribution is 7.12. The van der Waals surface area contributed by atoms with Crippen LogP contribution in [0, 0.1) is 6.92 Å². The molecule has 0 spiro atoms. The van der Waals surface area contributed by atoms with Crippen LogP contribution in [0.3, 0.4) is 0 Å². The Hall–Kier alpha value is -1.70. The minimum absolute atomic E-state index is 0. The standard InChI is InChI=1S/C13H19NO2S.C7H13NO2.C2H6.CH4/c1-7-9(11(14)15)8-6-12(2,3)16-13(4,5)10(8)17-7;1-5(9)7(3,8)6(2)10-4;1-2;/h6H2,1-5H3,(H2,14,15);2,8H2,1,3-4H3;1-2H3;1H4. The number of carbonyl (C=O) groups excluding carboxylic acids is 2. The normalized spacial score (nSPS) is 17.3. The number of primary amides is 1. The number of ketones is 1. The Balaban J connectivity index is 0. The van der Waals surface area contributed by atoms with Gasteiger partial charge in [0, 0.05) is 16.2 Å². The summed E-state index contributed by atoms with van der Waals surface area (Å²) < 4.78 is 10.8. The van der Waals surface area contributed by atoms with Gasteiger partial charge in [-0.3, -0.25) is 9.59 Å². The molecule has 0 aromatic carbocycles. The predicted octanol–water partition coefficient (Wildman–Crippen LogP) is 4.86. The van der Waals surface area contributed by atoms with Gasteiger partial charge in [-0.2, -0.15) is 0 Å². The highest BCUT2D eigenvalue weighted by atomic mass is 32.1. The first kappa shape index (κ1) is 30.5. The summed E-state index contributed by atoms with van der Waals surface area (Å²) in [5.74, 6) is -0.187. The van der Waals surface area contributed by atoms with Crippen LogP contribution in [0.4, 0.5) is 0 Å². The van der Waals surface area contributed by atoms with Crippen LogP contribution >= 0.6 is 11.3 Å². The first-order valence-electron chi connectivity index (χ1n) is 9.73. The maximum absolute atomic E-state index is 11.6. The number of amides is 1. The Labute approximate surface area is 187 Å². The van der Waals surface area contributed by atoms with Gasteiger partial charge in [0.25, 0.3) is 0 Å². The molecule has 4 N–H and O–H groups in total. The van der Waals surface area contributed by atoms with Gasteiger partial charge in [0.15, 0.2) is 5.78 Å². The number of aryl methyl sites for hydroxylation is 1. The summed E-state index contributed by atoms with van der Waals surface area (Å²) in [4.78, 5) is 24.5. The van der Waals surface area contributed by atoms with Gasteiger partial charge >= 0.3 is 0 Å². The number of ether oxygens (including phenoxy) is 2. The number of Topliss-reactive ketones (excluding diaryl/α,β-unsaturated/α-hetero) is 1. The van der Waals surface area contributed by atoms with Crippen LogP contribution in [0.1, 0.15) is 88.5 Å². The van der Waals surface area contributed by atoms with Crippen molar-refractivity contribution >= 4 is 23.0 Å². The summed E-state index contributed by atoms with van der Waals surface area (Å²) in [7, 11) is 1.44. The van der Waals surface area contributed by atoms with Gasteiger partial charge in [0.1, 0.15) is 11.3 Å². The quantitative estimate of drug-likeness (QED) is 0.648. The van der Waals surface area contributed by atoms with Crippen LogP contribution in [-0.2, 0) is 26.3 Å². The molecule has 0 fully saturated rings. The average molecular weight is 443 g/mol. The lowest BCUT2D eigenvalue weighted by Crippen LogP contribution is -2.45. The van der Waals surface area contributed by atoms with Crippen molar-refractivity contribution in [3.63, 3.8) is 0 Å². The summed E-state index contributed by atoms with van der Waals surface area (Å²) >= 11 is 1.63. The van der Waals surface area contributed by atoms with Crippen LogP contribution in [0.5, 0.6) is 0 Å². The predicted molar refractivity (Wildman–Crippen MR) is 127 cm³/mol. The lowest BCUT2D eigenvalue weighted by atomic mass is 9.86. The second kappa shape index (κ2) is 11.1. The topological polar surface area (TPSA) is 105 Å². The zero-order valence-electron chi connectivity index (χ0n) is 19.6. The number of methoxy groups -OCH3 is 1. The molecule has 0 saturated heterocycles. The number of hydrogen-bond acceptors (Lipinski definition) is 6. The summed E-state index contributed by atoms with van der Waals surface area (Å²) in [6, 6.07) is 0. The van der Waals surface area contributed by atoms with Gasteiger partial charge in [0.05, 0.1) is 23.9 Å². The van der Waals surface area contributed by atoms with E-state index in [1.807, 2.05) is 34.6 Å². The number of rotatable bonds is 4. The van der Waals surface area contributed by atoms with Gasteiger partial charge in [-0.05, 0) is 54.0 Å². The van der Waals surface area contributed by atoms with Crippen molar-refractivity contribution in [3.05, 3.63) is 33.2 Å². The second-order valence-corrected chi connectivity index (χ2v) is 9.36. The number of thiophene rings is 1. The van der Waals surface area contributed by atoms with Crippen LogP contribution < -0.4 is 11.5 Å². The number of hydrogen-bond donors (Lipinski definition) is 2. The van der Waals surface area contributed by atoms with Crippen molar-refractivity contribution in [1.29, 1.82) is 0 Å². The lowest BCUT2D eigenvalue weighted by Gasteiger charge is -2.41. The minimum atomic E-state index is -1.05. The van der Waals surface area contributed by atoms with E-state index in [0.717, 1.165) is 21.7 Å². The molecule has 7 heteroatoms. The van der Waals surface area contributed by atoms with Gasteiger partial charge in [-0.25, -0.2) is 0 Å². The summed E-state index contributed by atoms with van der Waals surface area (Å²) in [6.45, 7) is 20.6. The molecule has 30 heavy (non-hydrogen) atoms. The van der Waals surface area contributed by atoms with Gasteiger partial charge in [-0.15, -0.1) is 11.3 Å². The van der Waals surface area contributed by atoms with E-state index in [0.29, 0.717) is 11.3 Å². The number of carbonyl (C=O) groups is 2. The van der Waals surface area contributed by atoms with E-state index in [1.54, 1.807) is 18.3 Å². The van der Waals surface area contributed by atoms with Crippen molar-refractivity contribution in [3.8, 4) is 0 Å². The Morgan fingerprint density at radius 2 is 1.70 bits per heavy atom. The Morgan fingerprint density at radius 3 is 2.03 bits per heavy atom. The van der Waals surface area contributed by atoms with Crippen molar-refractivity contribution in [2.75, 3.05) is 7.11 Å². The van der Waals surface area contributed by atoms with Gasteiger partial charge in [0.2, 0.25) is 5.91 Å². The van der Waals surface area contributed by atoms with Crippen molar-refractivity contribution in [1.82, 2.24) is 0 Å². The molecule has 0 radical (unpaired) electrons. The fourth-order valence-corrected chi connectivity index (χ4v) is 4.39. The first-order valence-corrected chi connectivity index (χ1v) is 10.5. The highest BCUT2D eigenvalue weighted by Crippen LogP contribution is 2.45. The third-order valence-corrected chi connectivity index (χ3v) is 6.12. The van der Waals surface area contributed by atoms with Gasteiger partial charge < -0.3 is 20.9 Å². The number of nitrogens with two attached hydrogens (primary N) is 2. The number of fused-ring (bicyclic) bond motifs is 1. The SMILES string of the molecule is C.C=C(OC)C(C)(N)C(C)=O.CC.Cc1sc2c(c1C(N)=O)CC(C)(C)OC2(C)C. The van der Waals surface area contributed by atoms with Crippen LogP contribution in [0.15, 0.2) is 12.3 Å². The van der Waals surface area contributed by atoms with Crippen LogP contribution in [-0.4, -0.2) is 29.9 Å². The monoisotopic (exact) mass is 442 g/mol. The first-order chi connectivity index (χ1) is 13.1. The molecule has 1 atom stereocenters. The zero-order valence-corrected chi connectivity index (χ0v) is 20.4. The van der Waals surface area contributed by atoms with Crippen molar-refractivity contribution < 1.29 is 19.1 Å². The fraction of sp³-hybridized carbons (Fsp3) is 0.652. The highest BCUT2D eigenvalue weighted by Gasteiger charge is 2.42. The van der Waals surface area contributed by atoms with Gasteiger partial charge in [-0.1, -0.05) is 27.9 Å². The summed E-state index contributed by atoms with van der Waals surface area (Å²) in [5.41, 5.74) is 11.2. The maximum atomic E-state index is 11.6. The van der Waals surface area contributed by atoms with E-state index in [1.165, 1.54) is 14.0 Å². The molecule has 1 aliphatic rings. The van der Waals surface area contributed by atoms with E-state index in [2.05, 4.69) is 20.4 Å². The lowest BCUT2D eigenvalue weighted by molar-refractivity contribution is -0.135. The largest absolute Gasteiger partial charge is 0.499 e. The smallest absolute Gasteiger partial charge is 0.250 e. The Bertz CT molecular complexity index is 761. The fourth-order valence-electron chi connectivity index (χ4n) is 3.18. The average Bonchev–Trinajstić information content (AvgIpc) is 2.91. The molecule has 0 aliphatic carbocycles. The van der Waals surface area contributed by atoms with Crippen LogP contribution in [0.25, 0.3) is 0 Å². The van der Waals surface area contributed by atoms with E-state index in [9.17, 15) is 9.59 Å². The molecule has 1 amide bonds. The molecular weight excluding hydrogens is 400 g/mol.